The van der Waals surface area contributed by atoms with Crippen molar-refractivity contribution in [3.63, 3.8) is 0 Å². The summed E-state index contributed by atoms with van der Waals surface area (Å²) in [7, 11) is 0. The van der Waals surface area contributed by atoms with Crippen LogP contribution in [0.5, 0.6) is 5.75 Å². The molecule has 1 aromatic rings. The Morgan fingerprint density at radius 2 is 1.61 bits per heavy atom. The van der Waals surface area contributed by atoms with Crippen LogP contribution in [0.1, 0.15) is 32.3 Å². The van der Waals surface area contributed by atoms with Gasteiger partial charge in [-0.3, -0.25) is 19.2 Å². The van der Waals surface area contributed by atoms with Crippen LogP contribution in [0.4, 0.5) is 0 Å². The van der Waals surface area contributed by atoms with Crippen molar-refractivity contribution in [3.05, 3.63) is 29.8 Å². The van der Waals surface area contributed by atoms with Gasteiger partial charge in [0.05, 0.1) is 6.04 Å². The third-order valence-electron chi connectivity index (χ3n) is 4.73. The molecule has 0 saturated heterocycles. The number of amides is 3. The van der Waals surface area contributed by atoms with Crippen LogP contribution in [0.25, 0.3) is 0 Å². The van der Waals surface area contributed by atoms with E-state index in [-0.39, 0.29) is 24.5 Å². The quantitative estimate of drug-likeness (QED) is 0.219. The zero-order valence-corrected chi connectivity index (χ0v) is 20.0. The van der Waals surface area contributed by atoms with Gasteiger partial charge in [0.1, 0.15) is 24.4 Å². The minimum atomic E-state index is -1.20. The van der Waals surface area contributed by atoms with Gasteiger partial charge in [0, 0.05) is 6.42 Å². The highest BCUT2D eigenvalue weighted by molar-refractivity contribution is 7.98. The van der Waals surface area contributed by atoms with Crippen LogP contribution >= 0.6 is 11.8 Å². The van der Waals surface area contributed by atoms with Gasteiger partial charge in [0.2, 0.25) is 17.7 Å². The number of hydrogen-bond acceptors (Lipinski definition) is 7. The number of rotatable bonds is 14. The summed E-state index contributed by atoms with van der Waals surface area (Å²) >= 11 is 1.55. The lowest BCUT2D eigenvalue weighted by atomic mass is 10.0. The number of aliphatic carboxylic acids is 1. The highest BCUT2D eigenvalue weighted by atomic mass is 32.2. The molecule has 0 aliphatic carbocycles. The standard InChI is InChI=1S/C22H34N4O6S/c1-13(2)10-17(21(31)24-12-19(28)29)26-22(32)18(11-14-4-6-15(27)7-5-14)25-20(30)16(23)8-9-33-3/h4-7,13,16-18,27H,8-12,23H2,1-3H3,(H,24,31)(H,25,30)(H,26,32)(H,28,29). The van der Waals surface area contributed by atoms with Crippen LogP contribution in [0.3, 0.4) is 0 Å². The zero-order valence-electron chi connectivity index (χ0n) is 19.2. The number of thioether (sulfide) groups is 1. The molecule has 0 fully saturated rings. The van der Waals surface area contributed by atoms with Crippen molar-refractivity contribution in [1.29, 1.82) is 0 Å². The average Bonchev–Trinajstić information content (AvgIpc) is 2.75. The molecular formula is C22H34N4O6S. The van der Waals surface area contributed by atoms with E-state index in [2.05, 4.69) is 16.0 Å². The molecule has 3 unspecified atom stereocenters. The number of phenols is 1. The molecule has 184 valence electrons. The molecule has 1 aromatic carbocycles. The van der Waals surface area contributed by atoms with E-state index in [4.69, 9.17) is 10.8 Å². The van der Waals surface area contributed by atoms with E-state index in [1.165, 1.54) is 12.1 Å². The number of phenolic OH excluding ortho intramolecular Hbond substituents is 1. The summed E-state index contributed by atoms with van der Waals surface area (Å²) < 4.78 is 0. The molecule has 33 heavy (non-hydrogen) atoms. The fourth-order valence-corrected chi connectivity index (χ4v) is 3.48. The fraction of sp³-hybridized carbons (Fsp3) is 0.545. The van der Waals surface area contributed by atoms with E-state index in [1.54, 1.807) is 23.9 Å². The second kappa shape index (κ2) is 14.4. The average molecular weight is 483 g/mol. The number of carbonyl (C=O) groups is 4. The Hall–Kier alpha value is -2.79. The SMILES string of the molecule is CSCCC(N)C(=O)NC(Cc1ccc(O)cc1)C(=O)NC(CC(C)C)C(=O)NCC(=O)O. The lowest BCUT2D eigenvalue weighted by molar-refractivity contribution is -0.138. The predicted octanol–water partition coefficient (Wildman–Crippen LogP) is 0.232. The highest BCUT2D eigenvalue weighted by Crippen LogP contribution is 2.13. The number of aromatic hydroxyl groups is 1. The molecule has 0 aliphatic heterocycles. The van der Waals surface area contributed by atoms with E-state index in [1.807, 2.05) is 20.1 Å². The van der Waals surface area contributed by atoms with E-state index >= 15 is 0 Å². The fourth-order valence-electron chi connectivity index (χ4n) is 2.99. The Morgan fingerprint density at radius 1 is 1.00 bits per heavy atom. The second-order valence-electron chi connectivity index (χ2n) is 8.12. The van der Waals surface area contributed by atoms with Gasteiger partial charge >= 0.3 is 5.97 Å². The van der Waals surface area contributed by atoms with Gasteiger partial charge in [-0.2, -0.15) is 11.8 Å². The van der Waals surface area contributed by atoms with E-state index in [0.717, 1.165) is 0 Å². The number of carboxylic acid groups (broad SMARTS) is 1. The van der Waals surface area contributed by atoms with Crippen molar-refractivity contribution >= 4 is 35.5 Å². The molecular weight excluding hydrogens is 448 g/mol. The van der Waals surface area contributed by atoms with Crippen molar-refractivity contribution in [3.8, 4) is 5.75 Å². The normalized spacial score (nSPS) is 13.6. The van der Waals surface area contributed by atoms with Crippen molar-refractivity contribution in [1.82, 2.24) is 16.0 Å². The molecule has 10 nitrogen and oxygen atoms in total. The van der Waals surface area contributed by atoms with E-state index < -0.39 is 48.4 Å². The Morgan fingerprint density at radius 3 is 2.15 bits per heavy atom. The lowest BCUT2D eigenvalue weighted by Crippen LogP contribution is -2.57. The first-order valence-corrected chi connectivity index (χ1v) is 12.1. The molecule has 0 radical (unpaired) electrons. The minimum Gasteiger partial charge on any atom is -0.508 e. The second-order valence-corrected chi connectivity index (χ2v) is 9.11. The van der Waals surface area contributed by atoms with Gasteiger partial charge in [-0.05, 0) is 48.5 Å². The first-order chi connectivity index (χ1) is 15.5. The van der Waals surface area contributed by atoms with Crippen LogP contribution < -0.4 is 21.7 Å². The molecule has 3 atom stereocenters. The summed E-state index contributed by atoms with van der Waals surface area (Å²) in [5.74, 6) is -2.11. The third kappa shape index (κ3) is 11.1. The van der Waals surface area contributed by atoms with Gasteiger partial charge < -0.3 is 31.9 Å². The van der Waals surface area contributed by atoms with Crippen molar-refractivity contribution in [2.75, 3.05) is 18.6 Å². The summed E-state index contributed by atoms with van der Waals surface area (Å²) in [6.07, 6.45) is 2.73. The molecule has 1 rings (SSSR count). The maximum atomic E-state index is 13.1. The lowest BCUT2D eigenvalue weighted by Gasteiger charge is -2.25. The van der Waals surface area contributed by atoms with Crippen LogP contribution in [-0.4, -0.2) is 70.6 Å². The van der Waals surface area contributed by atoms with E-state index in [0.29, 0.717) is 17.7 Å². The largest absolute Gasteiger partial charge is 0.508 e. The number of hydrogen-bond donors (Lipinski definition) is 6. The summed E-state index contributed by atoms with van der Waals surface area (Å²) in [5.41, 5.74) is 6.62. The van der Waals surface area contributed by atoms with Crippen LogP contribution in [-0.2, 0) is 25.6 Å². The minimum absolute atomic E-state index is 0.0379. The van der Waals surface area contributed by atoms with Gasteiger partial charge in [0.25, 0.3) is 0 Å². The first-order valence-electron chi connectivity index (χ1n) is 10.7. The van der Waals surface area contributed by atoms with Crippen LogP contribution in [0.2, 0.25) is 0 Å². The molecule has 11 heteroatoms. The van der Waals surface area contributed by atoms with Gasteiger partial charge in [0.15, 0.2) is 0 Å². The molecule has 0 heterocycles. The summed E-state index contributed by atoms with van der Waals surface area (Å²) in [6, 6.07) is 3.40. The van der Waals surface area contributed by atoms with Crippen molar-refractivity contribution in [2.24, 2.45) is 11.7 Å². The maximum absolute atomic E-state index is 13.1. The highest BCUT2D eigenvalue weighted by Gasteiger charge is 2.29. The predicted molar refractivity (Wildman–Crippen MR) is 127 cm³/mol. The number of carbonyl (C=O) groups excluding carboxylic acids is 3. The Balaban J connectivity index is 3.02. The van der Waals surface area contributed by atoms with Crippen molar-refractivity contribution in [2.45, 2.75) is 51.2 Å². The zero-order chi connectivity index (χ0) is 25.0. The summed E-state index contributed by atoms with van der Waals surface area (Å²) in [6.45, 7) is 3.16. The molecule has 0 bridgehead atoms. The molecule has 0 saturated carbocycles. The Labute approximate surface area is 198 Å². The van der Waals surface area contributed by atoms with Crippen LogP contribution in [0.15, 0.2) is 24.3 Å². The molecule has 0 aromatic heterocycles. The number of nitrogens with one attached hydrogen (secondary N) is 3. The summed E-state index contributed by atoms with van der Waals surface area (Å²) in [4.78, 5) is 48.9. The smallest absolute Gasteiger partial charge is 0.322 e. The number of carboxylic acids is 1. The van der Waals surface area contributed by atoms with E-state index in [9.17, 15) is 24.3 Å². The van der Waals surface area contributed by atoms with Crippen molar-refractivity contribution < 1.29 is 29.4 Å². The molecule has 7 N–H and O–H groups in total. The Bertz CT molecular complexity index is 803. The summed E-state index contributed by atoms with van der Waals surface area (Å²) in [5, 5.41) is 25.9. The first kappa shape index (κ1) is 28.2. The van der Waals surface area contributed by atoms with Gasteiger partial charge in [-0.1, -0.05) is 26.0 Å². The molecule has 0 spiro atoms. The third-order valence-corrected chi connectivity index (χ3v) is 5.38. The monoisotopic (exact) mass is 482 g/mol. The molecule has 0 aliphatic rings. The van der Waals surface area contributed by atoms with Crippen LogP contribution in [0, 0.1) is 5.92 Å². The van der Waals surface area contributed by atoms with Gasteiger partial charge in [-0.15, -0.1) is 0 Å². The number of nitrogens with two attached hydrogens (primary N) is 1. The Kier molecular flexibility index (Phi) is 12.3. The van der Waals surface area contributed by atoms with Gasteiger partial charge in [-0.25, -0.2) is 0 Å². The number of benzene rings is 1. The topological polar surface area (TPSA) is 171 Å². The molecule has 3 amide bonds. The maximum Gasteiger partial charge on any atom is 0.322 e.